The van der Waals surface area contributed by atoms with Gasteiger partial charge < -0.3 is 10.4 Å². The minimum atomic E-state index is -0.128. The Morgan fingerprint density at radius 1 is 1.54 bits per heavy atom. The van der Waals surface area contributed by atoms with Gasteiger partial charge in [0.25, 0.3) is 0 Å². The molecule has 0 aliphatic carbocycles. The van der Waals surface area contributed by atoms with Gasteiger partial charge in [-0.2, -0.15) is 0 Å². The van der Waals surface area contributed by atoms with Gasteiger partial charge >= 0.3 is 0 Å². The van der Waals surface area contributed by atoms with E-state index in [4.69, 9.17) is 0 Å². The molecule has 3 nitrogen and oxygen atoms in total. The van der Waals surface area contributed by atoms with Crippen LogP contribution < -0.4 is 5.32 Å². The van der Waals surface area contributed by atoms with Crippen LogP contribution in [-0.4, -0.2) is 11.0 Å². The smallest absolute Gasteiger partial charge is 0.221 e. The summed E-state index contributed by atoms with van der Waals surface area (Å²) in [6, 6.07) is 3.37. The molecule has 2 N–H and O–H groups in total. The summed E-state index contributed by atoms with van der Waals surface area (Å²) in [5.41, 5.74) is 1.40. The van der Waals surface area contributed by atoms with Crippen LogP contribution in [0.25, 0.3) is 0 Å². The lowest BCUT2D eigenvalue weighted by molar-refractivity contribution is -0.114. The molecule has 70 valence electrons. The van der Waals surface area contributed by atoms with Crippen molar-refractivity contribution in [2.75, 3.05) is 5.32 Å². The lowest BCUT2D eigenvalue weighted by atomic mass is 10.2. The molecule has 1 aromatic rings. The summed E-state index contributed by atoms with van der Waals surface area (Å²) < 4.78 is 0.580. The maximum atomic E-state index is 10.7. The minimum absolute atomic E-state index is 0.128. The van der Waals surface area contributed by atoms with Crippen LogP contribution in [-0.2, 0) is 4.79 Å². The number of carbonyl (C=O) groups excluding carboxylic acids is 1. The topological polar surface area (TPSA) is 49.3 Å². The number of nitrogens with one attached hydrogen (secondary N) is 1. The molecule has 0 fully saturated rings. The van der Waals surface area contributed by atoms with Crippen molar-refractivity contribution in [2.45, 2.75) is 13.8 Å². The van der Waals surface area contributed by atoms with Gasteiger partial charge in [0.1, 0.15) is 5.75 Å². The zero-order valence-corrected chi connectivity index (χ0v) is 8.97. The van der Waals surface area contributed by atoms with E-state index < -0.39 is 0 Å². The first-order valence-electron chi connectivity index (χ1n) is 3.77. The molecule has 0 heterocycles. The van der Waals surface area contributed by atoms with Crippen molar-refractivity contribution in [1.82, 2.24) is 0 Å². The van der Waals surface area contributed by atoms with Crippen molar-refractivity contribution >= 4 is 27.5 Å². The summed E-state index contributed by atoms with van der Waals surface area (Å²) in [7, 11) is 0. The molecule has 13 heavy (non-hydrogen) atoms. The molecule has 0 spiro atoms. The van der Waals surface area contributed by atoms with Crippen LogP contribution in [0.1, 0.15) is 12.5 Å². The molecule has 0 bridgehead atoms. The van der Waals surface area contributed by atoms with Gasteiger partial charge in [0, 0.05) is 12.6 Å². The number of aromatic hydroxyl groups is 1. The molecule has 0 aromatic heterocycles. The van der Waals surface area contributed by atoms with Crippen LogP contribution in [0.4, 0.5) is 5.69 Å². The van der Waals surface area contributed by atoms with E-state index in [9.17, 15) is 9.90 Å². The Bertz CT molecular complexity index is 326. The highest BCUT2D eigenvalue weighted by molar-refractivity contribution is 9.10. The molecular formula is C9H10BrNO2. The fraction of sp³-hybridized carbons (Fsp3) is 0.222. The Morgan fingerprint density at radius 3 is 2.62 bits per heavy atom. The summed E-state index contributed by atoms with van der Waals surface area (Å²) in [5.74, 6) is 0.0751. The molecule has 0 radical (unpaired) electrons. The summed E-state index contributed by atoms with van der Waals surface area (Å²) in [6.45, 7) is 3.21. The average Bonchev–Trinajstić information content (AvgIpc) is 1.98. The van der Waals surface area contributed by atoms with Gasteiger partial charge in [-0.25, -0.2) is 0 Å². The van der Waals surface area contributed by atoms with Crippen LogP contribution in [0.3, 0.4) is 0 Å². The number of phenolic OH excluding ortho intramolecular Hbond substituents is 1. The Morgan fingerprint density at radius 2 is 2.15 bits per heavy atom. The third-order valence-electron chi connectivity index (χ3n) is 1.57. The van der Waals surface area contributed by atoms with Gasteiger partial charge in [-0.1, -0.05) is 0 Å². The van der Waals surface area contributed by atoms with Crippen molar-refractivity contribution < 1.29 is 9.90 Å². The molecule has 4 heteroatoms. The highest BCUT2D eigenvalue weighted by Gasteiger charge is 2.04. The van der Waals surface area contributed by atoms with E-state index >= 15 is 0 Å². The largest absolute Gasteiger partial charge is 0.506 e. The summed E-state index contributed by atoms with van der Waals surface area (Å²) in [5, 5.41) is 12.0. The SMILES string of the molecule is CC(=O)Nc1cc(C)c(O)c(Br)c1. The monoisotopic (exact) mass is 243 g/mol. The Kier molecular flexibility index (Phi) is 2.93. The second-order valence-electron chi connectivity index (χ2n) is 2.80. The number of phenols is 1. The predicted octanol–water partition coefficient (Wildman–Crippen LogP) is 2.42. The van der Waals surface area contributed by atoms with Crippen LogP contribution in [0.2, 0.25) is 0 Å². The quantitative estimate of drug-likeness (QED) is 0.745. The number of carbonyl (C=O) groups is 1. The number of aryl methyl sites for hydroxylation is 1. The highest BCUT2D eigenvalue weighted by Crippen LogP contribution is 2.30. The summed E-state index contributed by atoms with van der Waals surface area (Å²) >= 11 is 3.19. The van der Waals surface area contributed by atoms with Gasteiger partial charge in [0.05, 0.1) is 4.47 Å². The zero-order valence-electron chi connectivity index (χ0n) is 7.39. The van der Waals surface area contributed by atoms with E-state index in [2.05, 4.69) is 21.2 Å². The molecule has 0 aliphatic heterocycles. The Balaban J connectivity index is 3.06. The number of rotatable bonds is 1. The molecule has 0 saturated carbocycles. The van der Waals surface area contributed by atoms with Gasteiger partial charge in [0.15, 0.2) is 0 Å². The van der Waals surface area contributed by atoms with Gasteiger partial charge in [-0.05, 0) is 40.5 Å². The van der Waals surface area contributed by atoms with E-state index in [-0.39, 0.29) is 11.7 Å². The molecule has 0 aliphatic rings. The number of halogens is 1. The van der Waals surface area contributed by atoms with Crippen LogP contribution in [0.5, 0.6) is 5.75 Å². The molecule has 1 amide bonds. The predicted molar refractivity (Wildman–Crippen MR) is 54.8 cm³/mol. The molecule has 1 rings (SSSR count). The number of benzene rings is 1. The molecule has 0 unspecified atom stereocenters. The zero-order chi connectivity index (χ0) is 10.0. The average molecular weight is 244 g/mol. The van der Waals surface area contributed by atoms with Crippen molar-refractivity contribution in [1.29, 1.82) is 0 Å². The standard InChI is InChI=1S/C9H10BrNO2/c1-5-3-7(11-6(2)12)4-8(10)9(5)13/h3-4,13H,1-2H3,(H,11,12). The van der Waals surface area contributed by atoms with E-state index in [0.717, 1.165) is 5.56 Å². The van der Waals surface area contributed by atoms with Crippen LogP contribution >= 0.6 is 15.9 Å². The maximum absolute atomic E-state index is 10.7. The lowest BCUT2D eigenvalue weighted by Crippen LogP contribution is -2.05. The van der Waals surface area contributed by atoms with Crippen molar-refractivity contribution in [3.8, 4) is 5.75 Å². The second-order valence-corrected chi connectivity index (χ2v) is 3.66. The van der Waals surface area contributed by atoms with Gasteiger partial charge in [0.2, 0.25) is 5.91 Å². The van der Waals surface area contributed by atoms with Crippen molar-refractivity contribution in [3.63, 3.8) is 0 Å². The Hall–Kier alpha value is -1.03. The highest BCUT2D eigenvalue weighted by atomic mass is 79.9. The first-order chi connectivity index (χ1) is 6.00. The van der Waals surface area contributed by atoms with Gasteiger partial charge in [-0.15, -0.1) is 0 Å². The van der Waals surface area contributed by atoms with E-state index in [1.54, 1.807) is 19.1 Å². The fourth-order valence-corrected chi connectivity index (χ4v) is 1.57. The summed E-state index contributed by atoms with van der Waals surface area (Å²) in [4.78, 5) is 10.7. The first kappa shape index (κ1) is 10.1. The van der Waals surface area contributed by atoms with Crippen molar-refractivity contribution in [2.24, 2.45) is 0 Å². The van der Waals surface area contributed by atoms with Gasteiger partial charge in [-0.3, -0.25) is 4.79 Å². The fourth-order valence-electron chi connectivity index (χ4n) is 1.01. The molecule has 0 atom stereocenters. The minimum Gasteiger partial charge on any atom is -0.506 e. The summed E-state index contributed by atoms with van der Waals surface area (Å²) in [6.07, 6.45) is 0. The van der Waals surface area contributed by atoms with E-state index in [1.165, 1.54) is 6.92 Å². The third-order valence-corrected chi connectivity index (χ3v) is 2.18. The maximum Gasteiger partial charge on any atom is 0.221 e. The van der Waals surface area contributed by atoms with Crippen LogP contribution in [0, 0.1) is 6.92 Å². The normalized spacial score (nSPS) is 9.77. The van der Waals surface area contributed by atoms with E-state index in [0.29, 0.717) is 10.2 Å². The number of amides is 1. The number of hydrogen-bond acceptors (Lipinski definition) is 2. The van der Waals surface area contributed by atoms with Crippen molar-refractivity contribution in [3.05, 3.63) is 22.2 Å². The number of anilines is 1. The second kappa shape index (κ2) is 3.79. The number of hydrogen-bond donors (Lipinski definition) is 2. The molecule has 1 aromatic carbocycles. The lowest BCUT2D eigenvalue weighted by Gasteiger charge is -2.06. The third kappa shape index (κ3) is 2.45. The molecular weight excluding hydrogens is 234 g/mol. The first-order valence-corrected chi connectivity index (χ1v) is 4.56. The van der Waals surface area contributed by atoms with Crippen LogP contribution in [0.15, 0.2) is 16.6 Å². The van der Waals surface area contributed by atoms with E-state index in [1.807, 2.05) is 0 Å². The molecule has 0 saturated heterocycles. The Labute approximate surface area is 84.9 Å².